The van der Waals surface area contributed by atoms with Gasteiger partial charge in [0.2, 0.25) is 0 Å². The first kappa shape index (κ1) is 13.2. The first-order valence-electron chi connectivity index (χ1n) is 5.86. The quantitative estimate of drug-likeness (QED) is 0.685. The topological polar surface area (TPSA) is 17.1 Å². The number of benzene rings is 1. The molecule has 2 heteroatoms. The maximum Gasteiger partial charge on any atom is 0.252 e. The Bertz CT molecular complexity index is 358. The molecule has 0 saturated heterocycles. The Hall–Kier alpha value is -0.820. The van der Waals surface area contributed by atoms with Gasteiger partial charge in [0, 0.05) is 5.56 Å². The molecule has 0 bridgehead atoms. The minimum absolute atomic E-state index is 0.350. The number of hydrogen-bond acceptors (Lipinski definition) is 1. The van der Waals surface area contributed by atoms with E-state index in [0.29, 0.717) is 17.4 Å². The van der Waals surface area contributed by atoms with E-state index in [1.807, 2.05) is 24.3 Å². The lowest BCUT2D eigenvalue weighted by molar-refractivity contribution is 0.107. The molecule has 0 amide bonds. The Kier molecular flexibility index (Phi) is 5.01. The van der Waals surface area contributed by atoms with Gasteiger partial charge in [0.15, 0.2) is 0 Å². The van der Waals surface area contributed by atoms with E-state index in [1.165, 1.54) is 0 Å². The molecule has 0 spiro atoms. The van der Waals surface area contributed by atoms with Crippen LogP contribution < -0.4 is 0 Å². The molecule has 0 N–H and O–H groups in total. The van der Waals surface area contributed by atoms with Crippen molar-refractivity contribution in [3.63, 3.8) is 0 Å². The molecule has 0 aliphatic rings. The zero-order valence-corrected chi connectivity index (χ0v) is 10.9. The summed E-state index contributed by atoms with van der Waals surface area (Å²) >= 11 is 5.62. The lowest BCUT2D eigenvalue weighted by Gasteiger charge is -2.22. The van der Waals surface area contributed by atoms with Gasteiger partial charge in [-0.3, -0.25) is 4.79 Å². The van der Waals surface area contributed by atoms with Crippen LogP contribution in [0.2, 0.25) is 0 Å². The van der Waals surface area contributed by atoms with Crippen molar-refractivity contribution in [3.8, 4) is 0 Å². The van der Waals surface area contributed by atoms with Crippen molar-refractivity contribution in [2.75, 3.05) is 0 Å². The number of rotatable bonds is 5. The smallest absolute Gasteiger partial charge is 0.252 e. The molecule has 0 heterocycles. The second-order valence-electron chi connectivity index (χ2n) is 4.50. The summed E-state index contributed by atoms with van der Waals surface area (Å²) in [7, 11) is 0. The number of hydrogen-bond donors (Lipinski definition) is 0. The predicted octanol–water partition coefficient (Wildman–Crippen LogP) is 4.61. The van der Waals surface area contributed by atoms with Crippen molar-refractivity contribution in [1.29, 1.82) is 0 Å². The van der Waals surface area contributed by atoms with E-state index in [1.54, 1.807) is 0 Å². The lowest BCUT2D eigenvalue weighted by atomic mass is 9.83. The number of carbonyl (C=O) groups is 1. The third-order valence-corrected chi connectivity index (χ3v) is 3.18. The maximum atomic E-state index is 11.4. The molecule has 1 unspecified atom stereocenters. The second-order valence-corrected chi connectivity index (χ2v) is 4.84. The molecule has 1 nitrogen and oxygen atoms in total. The van der Waals surface area contributed by atoms with Gasteiger partial charge in [0.05, 0.1) is 0 Å². The van der Waals surface area contributed by atoms with Crippen LogP contribution in [-0.4, -0.2) is 5.24 Å². The zero-order chi connectivity index (χ0) is 12.1. The summed E-state index contributed by atoms with van der Waals surface area (Å²) < 4.78 is 0. The summed E-state index contributed by atoms with van der Waals surface area (Å²) in [6.07, 6.45) is 2.21. The third kappa shape index (κ3) is 3.08. The van der Waals surface area contributed by atoms with Crippen molar-refractivity contribution in [1.82, 2.24) is 0 Å². The van der Waals surface area contributed by atoms with Crippen LogP contribution in [0.3, 0.4) is 0 Å². The summed E-state index contributed by atoms with van der Waals surface area (Å²) in [6.45, 7) is 6.55. The molecule has 1 rings (SSSR count). The lowest BCUT2D eigenvalue weighted by Crippen LogP contribution is -2.10. The molecule has 0 radical (unpaired) electrons. The Morgan fingerprint density at radius 3 is 2.44 bits per heavy atom. The first-order chi connectivity index (χ1) is 7.57. The average Bonchev–Trinajstić information content (AvgIpc) is 2.25. The maximum absolute atomic E-state index is 11.4. The van der Waals surface area contributed by atoms with Gasteiger partial charge in [-0.25, -0.2) is 0 Å². The van der Waals surface area contributed by atoms with Crippen molar-refractivity contribution in [3.05, 3.63) is 35.4 Å². The summed E-state index contributed by atoms with van der Waals surface area (Å²) in [6, 6.07) is 7.68. The Morgan fingerprint density at radius 2 is 1.94 bits per heavy atom. The highest BCUT2D eigenvalue weighted by molar-refractivity contribution is 6.67. The predicted molar refractivity (Wildman–Crippen MR) is 69.1 cm³/mol. The van der Waals surface area contributed by atoms with Crippen molar-refractivity contribution < 1.29 is 4.79 Å². The van der Waals surface area contributed by atoms with E-state index >= 15 is 0 Å². The van der Waals surface area contributed by atoms with E-state index in [0.717, 1.165) is 18.4 Å². The average molecular weight is 239 g/mol. The molecular formula is C14H19ClO. The molecule has 1 aromatic rings. The Morgan fingerprint density at radius 1 is 1.31 bits per heavy atom. The van der Waals surface area contributed by atoms with E-state index < -0.39 is 0 Å². The molecule has 16 heavy (non-hydrogen) atoms. The summed E-state index contributed by atoms with van der Waals surface area (Å²) in [5, 5.41) is -0.350. The number of carbonyl (C=O) groups excluding carboxylic acids is 1. The fraction of sp³-hybridized carbons (Fsp3) is 0.500. The standard InChI is InChI=1S/C14H19ClO/c1-4-7-11(10(2)3)12-8-5-6-9-13(12)14(15)16/h5-6,8-11H,4,7H2,1-3H3. The molecule has 0 aromatic heterocycles. The summed E-state index contributed by atoms with van der Waals surface area (Å²) in [4.78, 5) is 11.4. The molecule has 0 aliphatic heterocycles. The van der Waals surface area contributed by atoms with Gasteiger partial charge in [-0.2, -0.15) is 0 Å². The van der Waals surface area contributed by atoms with Gasteiger partial charge in [-0.15, -0.1) is 0 Å². The van der Waals surface area contributed by atoms with E-state index in [9.17, 15) is 4.79 Å². The van der Waals surface area contributed by atoms with Gasteiger partial charge in [-0.05, 0) is 41.5 Å². The van der Waals surface area contributed by atoms with Crippen LogP contribution in [0.4, 0.5) is 0 Å². The summed E-state index contributed by atoms with van der Waals surface area (Å²) in [5.74, 6) is 0.945. The normalized spacial score (nSPS) is 12.8. The van der Waals surface area contributed by atoms with Crippen molar-refractivity contribution in [2.24, 2.45) is 5.92 Å². The second kappa shape index (κ2) is 6.05. The minimum Gasteiger partial charge on any atom is -0.276 e. The monoisotopic (exact) mass is 238 g/mol. The molecule has 1 aromatic carbocycles. The van der Waals surface area contributed by atoms with Gasteiger partial charge < -0.3 is 0 Å². The van der Waals surface area contributed by atoms with Crippen LogP contribution in [0.15, 0.2) is 24.3 Å². The highest BCUT2D eigenvalue weighted by Gasteiger charge is 2.19. The molecule has 88 valence electrons. The van der Waals surface area contributed by atoms with Crippen LogP contribution in [0, 0.1) is 5.92 Å². The van der Waals surface area contributed by atoms with Crippen molar-refractivity contribution in [2.45, 2.75) is 39.5 Å². The van der Waals surface area contributed by atoms with E-state index in [-0.39, 0.29) is 5.24 Å². The fourth-order valence-corrected chi connectivity index (χ4v) is 2.33. The van der Waals surface area contributed by atoms with Gasteiger partial charge in [0.25, 0.3) is 5.24 Å². The molecule has 1 atom stereocenters. The summed E-state index contributed by atoms with van der Waals surface area (Å²) in [5.41, 5.74) is 1.76. The minimum atomic E-state index is -0.350. The highest BCUT2D eigenvalue weighted by atomic mass is 35.5. The molecular weight excluding hydrogens is 220 g/mol. The Labute approximate surface area is 103 Å². The van der Waals surface area contributed by atoms with E-state index in [2.05, 4.69) is 20.8 Å². The van der Waals surface area contributed by atoms with Crippen LogP contribution in [0.1, 0.15) is 55.5 Å². The molecule has 0 fully saturated rings. The van der Waals surface area contributed by atoms with Gasteiger partial charge in [-0.1, -0.05) is 45.4 Å². The molecule has 0 aliphatic carbocycles. The van der Waals surface area contributed by atoms with Crippen LogP contribution in [0.25, 0.3) is 0 Å². The SMILES string of the molecule is CCCC(c1ccccc1C(=O)Cl)C(C)C. The van der Waals surface area contributed by atoms with Gasteiger partial charge >= 0.3 is 0 Å². The fourth-order valence-electron chi connectivity index (χ4n) is 2.16. The van der Waals surface area contributed by atoms with E-state index in [4.69, 9.17) is 11.6 Å². The largest absolute Gasteiger partial charge is 0.276 e. The van der Waals surface area contributed by atoms with Crippen LogP contribution in [-0.2, 0) is 0 Å². The van der Waals surface area contributed by atoms with Gasteiger partial charge in [0.1, 0.15) is 0 Å². The highest BCUT2D eigenvalue weighted by Crippen LogP contribution is 2.31. The zero-order valence-electron chi connectivity index (χ0n) is 10.2. The third-order valence-electron chi connectivity index (χ3n) is 2.98. The van der Waals surface area contributed by atoms with Crippen LogP contribution >= 0.6 is 11.6 Å². The van der Waals surface area contributed by atoms with Crippen molar-refractivity contribution >= 4 is 16.8 Å². The first-order valence-corrected chi connectivity index (χ1v) is 6.24. The Balaban J connectivity index is 3.12. The number of halogens is 1. The molecule has 0 saturated carbocycles. The van der Waals surface area contributed by atoms with Crippen LogP contribution in [0.5, 0.6) is 0 Å².